The number of nitrogens with zero attached hydrogens (tertiary/aromatic N) is 2. The smallest absolute Gasteiger partial charge is 0.273 e. The number of aromatic nitrogens is 1. The van der Waals surface area contributed by atoms with Crippen molar-refractivity contribution in [2.45, 2.75) is 89.6 Å². The van der Waals surface area contributed by atoms with Gasteiger partial charge in [0.1, 0.15) is 5.76 Å². The van der Waals surface area contributed by atoms with Crippen molar-refractivity contribution >= 4 is 11.8 Å². The minimum atomic E-state index is -0.251. The summed E-state index contributed by atoms with van der Waals surface area (Å²) in [5, 5.41) is 7.05. The molecule has 0 spiro atoms. The highest BCUT2D eigenvalue weighted by atomic mass is 16.5. The number of rotatable bonds is 4. The quantitative estimate of drug-likeness (QED) is 0.851. The van der Waals surface area contributed by atoms with Crippen LogP contribution in [-0.2, 0) is 4.79 Å². The topological polar surface area (TPSA) is 75.4 Å². The summed E-state index contributed by atoms with van der Waals surface area (Å²) in [5.41, 5.74) is 0.119. The lowest BCUT2D eigenvalue weighted by atomic mass is 9.80. The minimum absolute atomic E-state index is 0.0546. The van der Waals surface area contributed by atoms with E-state index in [0.717, 1.165) is 63.0 Å². The van der Waals surface area contributed by atoms with Gasteiger partial charge in [-0.1, -0.05) is 12.1 Å². The van der Waals surface area contributed by atoms with E-state index in [0.29, 0.717) is 24.1 Å². The Labute approximate surface area is 167 Å². The fraction of sp³-hybridized carbons (Fsp3) is 0.773. The average molecular weight is 388 g/mol. The van der Waals surface area contributed by atoms with E-state index in [1.807, 2.05) is 0 Å². The normalized spacial score (nSPS) is 30.1. The number of likely N-dealkylation sites (tertiary alicyclic amines) is 1. The maximum Gasteiger partial charge on any atom is 0.273 e. The number of hydrogen-bond donors (Lipinski definition) is 1. The summed E-state index contributed by atoms with van der Waals surface area (Å²) < 4.78 is 5.30. The van der Waals surface area contributed by atoms with Crippen molar-refractivity contribution in [3.8, 4) is 0 Å². The second-order valence-corrected chi connectivity index (χ2v) is 9.81. The van der Waals surface area contributed by atoms with Gasteiger partial charge in [-0.3, -0.25) is 9.59 Å². The van der Waals surface area contributed by atoms with E-state index in [2.05, 4.69) is 36.1 Å². The Morgan fingerprint density at radius 1 is 1.14 bits per heavy atom. The predicted molar refractivity (Wildman–Crippen MR) is 106 cm³/mol. The first kappa shape index (κ1) is 19.5. The molecule has 0 aromatic carbocycles. The molecule has 2 heterocycles. The number of carbonyl (C=O) groups excluding carboxylic acids is 2. The molecule has 2 aliphatic carbocycles. The number of carbonyl (C=O) groups is 2. The van der Waals surface area contributed by atoms with Crippen LogP contribution in [0, 0.1) is 11.8 Å². The van der Waals surface area contributed by atoms with Crippen molar-refractivity contribution in [1.82, 2.24) is 15.4 Å². The van der Waals surface area contributed by atoms with Crippen LogP contribution in [-0.4, -0.2) is 40.0 Å². The lowest BCUT2D eigenvalue weighted by Crippen LogP contribution is -2.58. The van der Waals surface area contributed by atoms with Crippen LogP contribution in [0.2, 0.25) is 0 Å². The van der Waals surface area contributed by atoms with Crippen LogP contribution in [0.25, 0.3) is 0 Å². The third kappa shape index (κ3) is 4.11. The minimum Gasteiger partial charge on any atom is -0.360 e. The van der Waals surface area contributed by atoms with Gasteiger partial charge in [-0.25, -0.2) is 0 Å². The second kappa shape index (κ2) is 7.53. The summed E-state index contributed by atoms with van der Waals surface area (Å²) in [4.78, 5) is 27.7. The Hall–Kier alpha value is -1.85. The van der Waals surface area contributed by atoms with E-state index < -0.39 is 0 Å². The van der Waals surface area contributed by atoms with E-state index in [1.54, 1.807) is 6.07 Å². The van der Waals surface area contributed by atoms with Crippen molar-refractivity contribution in [2.24, 2.45) is 11.8 Å². The van der Waals surface area contributed by atoms with E-state index >= 15 is 0 Å². The fourth-order valence-corrected chi connectivity index (χ4v) is 4.88. The number of piperidine rings is 1. The molecular formula is C22H33N3O3. The summed E-state index contributed by atoms with van der Waals surface area (Å²) in [6.07, 6.45) is 8.14. The SMILES string of the molecule is CC1CCC(C(=O)N2CCC(NC(=O)c3cc(C4CC4)on3)CC2(C)C)CC1. The molecule has 4 rings (SSSR count). The lowest BCUT2D eigenvalue weighted by Gasteiger charge is -2.47. The first-order chi connectivity index (χ1) is 13.3. The molecular weight excluding hydrogens is 354 g/mol. The van der Waals surface area contributed by atoms with Gasteiger partial charge in [-0.05, 0) is 71.1 Å². The maximum atomic E-state index is 13.1. The van der Waals surface area contributed by atoms with Gasteiger partial charge in [-0.2, -0.15) is 0 Å². The van der Waals surface area contributed by atoms with Gasteiger partial charge in [0.15, 0.2) is 5.69 Å². The largest absolute Gasteiger partial charge is 0.360 e. The molecule has 0 bridgehead atoms. The Bertz CT molecular complexity index is 729. The molecule has 1 saturated heterocycles. The molecule has 3 fully saturated rings. The van der Waals surface area contributed by atoms with E-state index in [1.165, 1.54) is 0 Å². The number of nitrogens with one attached hydrogen (secondary N) is 1. The van der Waals surface area contributed by atoms with Crippen molar-refractivity contribution < 1.29 is 14.1 Å². The van der Waals surface area contributed by atoms with Crippen molar-refractivity contribution in [3.05, 3.63) is 17.5 Å². The number of hydrogen-bond acceptors (Lipinski definition) is 4. The molecule has 1 aliphatic heterocycles. The standard InChI is InChI=1S/C22H33N3O3/c1-14-4-6-16(7-5-14)21(27)25-11-10-17(13-22(25,2)3)23-20(26)18-12-19(28-24-18)15-8-9-15/h12,14-17H,4-11,13H2,1-3H3,(H,23,26). The zero-order chi connectivity index (χ0) is 19.9. The highest BCUT2D eigenvalue weighted by Crippen LogP contribution is 2.40. The van der Waals surface area contributed by atoms with Crippen LogP contribution in [0.5, 0.6) is 0 Å². The molecule has 1 aromatic heterocycles. The summed E-state index contributed by atoms with van der Waals surface area (Å²) in [5.74, 6) is 2.34. The Morgan fingerprint density at radius 2 is 1.86 bits per heavy atom. The molecule has 28 heavy (non-hydrogen) atoms. The van der Waals surface area contributed by atoms with Crippen LogP contribution >= 0.6 is 0 Å². The van der Waals surface area contributed by atoms with Crippen molar-refractivity contribution in [1.29, 1.82) is 0 Å². The molecule has 1 N–H and O–H groups in total. The number of amides is 2. The van der Waals surface area contributed by atoms with Gasteiger partial charge in [-0.15, -0.1) is 0 Å². The highest BCUT2D eigenvalue weighted by Gasteiger charge is 2.41. The van der Waals surface area contributed by atoms with Gasteiger partial charge < -0.3 is 14.7 Å². The monoisotopic (exact) mass is 387 g/mol. The van der Waals surface area contributed by atoms with Crippen LogP contribution in [0.3, 0.4) is 0 Å². The molecule has 6 heteroatoms. The van der Waals surface area contributed by atoms with Gasteiger partial charge in [0.2, 0.25) is 5.91 Å². The summed E-state index contributed by atoms with van der Waals surface area (Å²) in [6, 6.07) is 1.83. The summed E-state index contributed by atoms with van der Waals surface area (Å²) in [7, 11) is 0. The Morgan fingerprint density at radius 3 is 2.50 bits per heavy atom. The molecule has 154 valence electrons. The van der Waals surface area contributed by atoms with Gasteiger partial charge >= 0.3 is 0 Å². The molecule has 3 aliphatic rings. The summed E-state index contributed by atoms with van der Waals surface area (Å²) in [6.45, 7) is 7.22. The van der Waals surface area contributed by atoms with Gasteiger partial charge in [0, 0.05) is 36.0 Å². The van der Waals surface area contributed by atoms with E-state index in [4.69, 9.17) is 4.52 Å². The van der Waals surface area contributed by atoms with Crippen molar-refractivity contribution in [3.63, 3.8) is 0 Å². The predicted octanol–water partition coefficient (Wildman–Crippen LogP) is 3.88. The first-order valence-electron chi connectivity index (χ1n) is 10.9. The average Bonchev–Trinajstić information content (AvgIpc) is 3.38. The zero-order valence-corrected chi connectivity index (χ0v) is 17.4. The highest BCUT2D eigenvalue weighted by molar-refractivity contribution is 5.92. The lowest BCUT2D eigenvalue weighted by molar-refractivity contribution is -0.144. The van der Waals surface area contributed by atoms with Crippen LogP contribution in [0.4, 0.5) is 0 Å². The van der Waals surface area contributed by atoms with Gasteiger partial charge in [0.05, 0.1) is 0 Å². The molecule has 6 nitrogen and oxygen atoms in total. The second-order valence-electron chi connectivity index (χ2n) is 9.81. The molecule has 1 atom stereocenters. The Balaban J connectivity index is 1.33. The van der Waals surface area contributed by atoms with Crippen LogP contribution in [0.15, 0.2) is 10.6 Å². The van der Waals surface area contributed by atoms with Crippen LogP contribution < -0.4 is 5.32 Å². The van der Waals surface area contributed by atoms with Crippen molar-refractivity contribution in [2.75, 3.05) is 6.54 Å². The first-order valence-corrected chi connectivity index (χ1v) is 10.9. The zero-order valence-electron chi connectivity index (χ0n) is 17.4. The van der Waals surface area contributed by atoms with Gasteiger partial charge in [0.25, 0.3) is 5.91 Å². The molecule has 1 aromatic rings. The molecule has 1 unspecified atom stereocenters. The summed E-state index contributed by atoms with van der Waals surface area (Å²) >= 11 is 0. The third-order valence-corrected chi connectivity index (χ3v) is 6.88. The third-order valence-electron chi connectivity index (χ3n) is 6.88. The molecule has 0 radical (unpaired) electrons. The maximum absolute atomic E-state index is 13.1. The van der Waals surface area contributed by atoms with E-state index in [-0.39, 0.29) is 23.4 Å². The molecule has 2 amide bonds. The Kier molecular flexibility index (Phi) is 5.23. The molecule has 2 saturated carbocycles. The fourth-order valence-electron chi connectivity index (χ4n) is 4.88. The van der Waals surface area contributed by atoms with Crippen LogP contribution in [0.1, 0.15) is 94.3 Å². The van der Waals surface area contributed by atoms with E-state index in [9.17, 15) is 9.59 Å².